The zero-order valence-corrected chi connectivity index (χ0v) is 12.8. The van der Waals surface area contributed by atoms with Gasteiger partial charge in [0, 0.05) is 11.1 Å². The lowest BCUT2D eigenvalue weighted by Gasteiger charge is -2.17. The highest BCUT2D eigenvalue weighted by Gasteiger charge is 2.19. The summed E-state index contributed by atoms with van der Waals surface area (Å²) < 4.78 is 26.5. The van der Waals surface area contributed by atoms with E-state index in [0.717, 1.165) is 11.1 Å². The summed E-state index contributed by atoms with van der Waals surface area (Å²) in [6.45, 7) is 0. The van der Waals surface area contributed by atoms with Crippen LogP contribution >= 0.6 is 23.1 Å². The molecule has 1 aliphatic rings. The number of carbonyl (C=O) groups excluding carboxylic acids is 1. The summed E-state index contributed by atoms with van der Waals surface area (Å²) in [5.74, 6) is 0.214. The smallest absolute Gasteiger partial charge is 0.305 e. The Bertz CT molecular complexity index is 869. The first-order valence-electron chi connectivity index (χ1n) is 5.72. The number of thioether (sulfide) groups is 1. The Morgan fingerprint density at radius 2 is 2.05 bits per heavy atom. The van der Waals surface area contributed by atoms with Gasteiger partial charge in [-0.05, 0) is 18.2 Å². The molecule has 0 bridgehead atoms. The van der Waals surface area contributed by atoms with Crippen LogP contribution in [0.1, 0.15) is 0 Å². The predicted octanol–water partition coefficient (Wildman–Crippen LogP) is 1.28. The van der Waals surface area contributed by atoms with Gasteiger partial charge >= 0.3 is 4.87 Å². The number of carbonyl (C=O) groups is 1. The Kier molecular flexibility index (Phi) is 3.51. The van der Waals surface area contributed by atoms with E-state index in [1.807, 2.05) is 0 Å². The largest absolute Gasteiger partial charge is 0.324 e. The number of anilines is 2. The fourth-order valence-corrected chi connectivity index (χ4v) is 4.50. The average molecular weight is 343 g/mol. The fourth-order valence-electron chi connectivity index (χ4n) is 1.75. The minimum Gasteiger partial charge on any atom is -0.324 e. The summed E-state index contributed by atoms with van der Waals surface area (Å²) in [7, 11) is -3.81. The van der Waals surface area contributed by atoms with Crippen LogP contribution < -0.4 is 14.9 Å². The molecule has 3 N–H and O–H groups in total. The molecule has 2 aromatic rings. The van der Waals surface area contributed by atoms with Crippen molar-refractivity contribution in [3.05, 3.63) is 34.1 Å². The molecular weight excluding hydrogens is 334 g/mol. The van der Waals surface area contributed by atoms with Crippen LogP contribution in [0.15, 0.2) is 38.3 Å². The molecule has 21 heavy (non-hydrogen) atoms. The van der Waals surface area contributed by atoms with Gasteiger partial charge in [0.25, 0.3) is 10.0 Å². The number of amides is 1. The average Bonchev–Trinajstić information content (AvgIpc) is 2.85. The maximum absolute atomic E-state index is 12.1. The van der Waals surface area contributed by atoms with Crippen molar-refractivity contribution in [3.63, 3.8) is 0 Å². The summed E-state index contributed by atoms with van der Waals surface area (Å²) in [5, 5.41) is 2.68. The van der Waals surface area contributed by atoms with E-state index < -0.39 is 14.9 Å². The van der Waals surface area contributed by atoms with Gasteiger partial charge in [0.2, 0.25) is 5.91 Å². The Morgan fingerprint density at radius 3 is 2.76 bits per heavy atom. The van der Waals surface area contributed by atoms with Gasteiger partial charge in [-0.1, -0.05) is 11.3 Å². The molecule has 1 aromatic heterocycles. The molecule has 0 radical (unpaired) electrons. The van der Waals surface area contributed by atoms with Crippen LogP contribution in [0.3, 0.4) is 0 Å². The number of nitrogens with one attached hydrogen (secondary N) is 3. The molecule has 0 saturated heterocycles. The van der Waals surface area contributed by atoms with Gasteiger partial charge in [0.15, 0.2) is 4.21 Å². The second-order valence-corrected chi connectivity index (χ2v) is 8.09. The zero-order valence-electron chi connectivity index (χ0n) is 10.4. The van der Waals surface area contributed by atoms with Crippen molar-refractivity contribution >= 4 is 50.4 Å². The van der Waals surface area contributed by atoms with Crippen LogP contribution in [-0.4, -0.2) is 25.1 Å². The van der Waals surface area contributed by atoms with Crippen LogP contribution in [-0.2, 0) is 14.8 Å². The third-order valence-electron chi connectivity index (χ3n) is 2.63. The number of hydrogen-bond donors (Lipinski definition) is 3. The Balaban J connectivity index is 1.90. The quantitative estimate of drug-likeness (QED) is 0.778. The maximum Gasteiger partial charge on any atom is 0.305 e. The van der Waals surface area contributed by atoms with E-state index in [4.69, 9.17) is 0 Å². The molecular formula is C11H9N3O4S3. The number of fused-ring (bicyclic) bond motifs is 1. The summed E-state index contributed by atoms with van der Waals surface area (Å²) >= 11 is 2.00. The number of hydrogen-bond acceptors (Lipinski definition) is 6. The second kappa shape index (κ2) is 5.20. The summed E-state index contributed by atoms with van der Waals surface area (Å²) in [6.07, 6.45) is 1.14. The monoisotopic (exact) mass is 343 g/mol. The molecule has 0 fully saturated rings. The molecule has 1 aromatic carbocycles. The number of sulfonamides is 1. The lowest BCUT2D eigenvalue weighted by molar-refractivity contribution is -0.113. The van der Waals surface area contributed by atoms with Crippen LogP contribution in [0.5, 0.6) is 0 Å². The third kappa shape index (κ3) is 2.96. The van der Waals surface area contributed by atoms with E-state index >= 15 is 0 Å². The van der Waals surface area contributed by atoms with Crippen molar-refractivity contribution in [2.24, 2.45) is 0 Å². The normalized spacial score (nSPS) is 14.4. The van der Waals surface area contributed by atoms with Crippen molar-refractivity contribution in [1.82, 2.24) is 4.98 Å². The number of H-pyrrole nitrogens is 1. The second-order valence-electron chi connectivity index (χ2n) is 4.15. The van der Waals surface area contributed by atoms with E-state index in [0.29, 0.717) is 28.5 Å². The number of rotatable bonds is 3. The van der Waals surface area contributed by atoms with E-state index in [2.05, 4.69) is 15.0 Å². The molecule has 7 nitrogen and oxygen atoms in total. The molecule has 0 aliphatic carbocycles. The van der Waals surface area contributed by atoms with Crippen molar-refractivity contribution in [3.8, 4) is 0 Å². The highest BCUT2D eigenvalue weighted by atomic mass is 32.2. The van der Waals surface area contributed by atoms with E-state index in [-0.39, 0.29) is 10.1 Å². The lowest BCUT2D eigenvalue weighted by atomic mass is 10.3. The molecule has 3 rings (SSSR count). The molecule has 1 aliphatic heterocycles. The van der Waals surface area contributed by atoms with Gasteiger partial charge in [-0.2, -0.15) is 0 Å². The van der Waals surface area contributed by atoms with Gasteiger partial charge in [-0.15, -0.1) is 11.8 Å². The Labute approximate surface area is 127 Å². The molecule has 10 heteroatoms. The number of benzene rings is 1. The molecule has 0 atom stereocenters. The molecule has 0 saturated carbocycles. The highest BCUT2D eigenvalue weighted by molar-refractivity contribution is 8.00. The standard InChI is InChI=1S/C11H9N3O4S3/c15-9-5-19-8-2-1-6(3-7(8)13-9)14-21(17,18)10-4-12-11(16)20-10/h1-4,14H,5H2,(H,12,16)(H,13,15). The SMILES string of the molecule is O=C1CSc2ccc(NS(=O)(=O)c3c[nH]c(=O)s3)cc2N1. The van der Waals surface area contributed by atoms with Gasteiger partial charge in [-0.25, -0.2) is 8.42 Å². The minimum atomic E-state index is -3.81. The number of thiazole rings is 1. The zero-order chi connectivity index (χ0) is 15.0. The van der Waals surface area contributed by atoms with E-state index in [9.17, 15) is 18.0 Å². The summed E-state index contributed by atoms with van der Waals surface area (Å²) in [5.41, 5.74) is 0.885. The number of aromatic nitrogens is 1. The Morgan fingerprint density at radius 1 is 1.24 bits per heavy atom. The van der Waals surface area contributed by atoms with Gasteiger partial charge in [-0.3, -0.25) is 14.3 Å². The molecule has 0 unspecified atom stereocenters. The first kappa shape index (κ1) is 14.2. The van der Waals surface area contributed by atoms with Crippen molar-refractivity contribution in [2.45, 2.75) is 9.10 Å². The van der Waals surface area contributed by atoms with Crippen LogP contribution in [0, 0.1) is 0 Å². The van der Waals surface area contributed by atoms with E-state index in [1.54, 1.807) is 18.2 Å². The van der Waals surface area contributed by atoms with Gasteiger partial charge in [0.1, 0.15) is 0 Å². The van der Waals surface area contributed by atoms with Crippen LogP contribution in [0.2, 0.25) is 0 Å². The van der Waals surface area contributed by atoms with Crippen LogP contribution in [0.4, 0.5) is 11.4 Å². The molecule has 0 spiro atoms. The first-order valence-corrected chi connectivity index (χ1v) is 9.01. The molecule has 110 valence electrons. The molecule has 1 amide bonds. The fraction of sp³-hybridized carbons (Fsp3) is 0.0909. The number of aromatic amines is 1. The molecule has 2 heterocycles. The third-order valence-corrected chi connectivity index (χ3v) is 6.39. The predicted molar refractivity (Wildman–Crippen MR) is 81.5 cm³/mol. The maximum atomic E-state index is 12.1. The summed E-state index contributed by atoms with van der Waals surface area (Å²) in [6, 6.07) is 4.89. The van der Waals surface area contributed by atoms with Crippen molar-refractivity contribution in [1.29, 1.82) is 0 Å². The van der Waals surface area contributed by atoms with Crippen molar-refractivity contribution < 1.29 is 13.2 Å². The van der Waals surface area contributed by atoms with E-state index in [1.165, 1.54) is 11.8 Å². The highest BCUT2D eigenvalue weighted by Crippen LogP contribution is 2.33. The Hall–Kier alpha value is -1.78. The summed E-state index contributed by atoms with van der Waals surface area (Å²) in [4.78, 5) is 25.1. The van der Waals surface area contributed by atoms with Gasteiger partial charge < -0.3 is 10.3 Å². The minimum absolute atomic E-state index is 0.0939. The topological polar surface area (TPSA) is 108 Å². The van der Waals surface area contributed by atoms with Crippen LogP contribution in [0.25, 0.3) is 0 Å². The van der Waals surface area contributed by atoms with Crippen molar-refractivity contribution in [2.75, 3.05) is 15.8 Å². The lowest BCUT2D eigenvalue weighted by Crippen LogP contribution is -2.19. The first-order chi connectivity index (χ1) is 9.94. The van der Waals surface area contributed by atoms with Gasteiger partial charge in [0.05, 0.1) is 17.1 Å².